The van der Waals surface area contributed by atoms with Gasteiger partial charge in [-0.3, -0.25) is 5.41 Å². The Bertz CT molecular complexity index is 187. The van der Waals surface area contributed by atoms with Crippen molar-refractivity contribution in [2.75, 3.05) is 6.54 Å². The molecular weight excluding hydrogens is 160 g/mol. The number of nitrogens with zero attached hydrogens (tertiary/aromatic N) is 1. The number of hydrogen-bond acceptors (Lipinski definition) is 1. The minimum atomic E-state index is 0.368. The maximum atomic E-state index is 7.98. The van der Waals surface area contributed by atoms with Crippen molar-refractivity contribution in [3.8, 4) is 0 Å². The van der Waals surface area contributed by atoms with Crippen LogP contribution in [-0.4, -0.2) is 23.3 Å². The molecule has 0 aromatic heterocycles. The van der Waals surface area contributed by atoms with Crippen LogP contribution in [0, 0.1) is 17.2 Å². The average Bonchev–Trinajstić information content (AvgIpc) is 2.08. The van der Waals surface area contributed by atoms with Crippen LogP contribution in [0.4, 0.5) is 0 Å². The first-order valence-corrected chi connectivity index (χ1v) is 5.39. The molecule has 0 bridgehead atoms. The lowest BCUT2D eigenvalue weighted by Gasteiger charge is -2.40. The Labute approximate surface area is 81.8 Å². The molecule has 1 fully saturated rings. The normalized spacial score (nSPS) is 29.5. The first-order valence-electron chi connectivity index (χ1n) is 5.39. The van der Waals surface area contributed by atoms with Crippen LogP contribution in [-0.2, 0) is 0 Å². The third-order valence-corrected chi connectivity index (χ3v) is 3.23. The van der Waals surface area contributed by atoms with E-state index in [-0.39, 0.29) is 0 Å². The fraction of sp³-hybridized carbons (Fsp3) is 0.909. The predicted molar refractivity (Wildman–Crippen MR) is 57.1 cm³/mol. The first kappa shape index (κ1) is 10.6. The van der Waals surface area contributed by atoms with Gasteiger partial charge >= 0.3 is 0 Å². The summed E-state index contributed by atoms with van der Waals surface area (Å²) >= 11 is 0. The Morgan fingerprint density at radius 1 is 1.38 bits per heavy atom. The number of hydrogen-bond donors (Lipinski definition) is 1. The number of amidine groups is 1. The number of nitrogens with one attached hydrogen (secondary N) is 1. The van der Waals surface area contributed by atoms with Crippen LogP contribution in [0.1, 0.15) is 40.5 Å². The molecule has 2 unspecified atom stereocenters. The van der Waals surface area contributed by atoms with Crippen molar-refractivity contribution in [1.29, 1.82) is 5.41 Å². The Morgan fingerprint density at radius 2 is 2.00 bits per heavy atom. The van der Waals surface area contributed by atoms with E-state index in [0.29, 0.717) is 12.0 Å². The van der Waals surface area contributed by atoms with Gasteiger partial charge in [0.1, 0.15) is 0 Å². The zero-order valence-electron chi connectivity index (χ0n) is 9.30. The lowest BCUT2D eigenvalue weighted by atomic mass is 9.91. The van der Waals surface area contributed by atoms with Crippen molar-refractivity contribution >= 4 is 5.84 Å². The average molecular weight is 182 g/mol. The van der Waals surface area contributed by atoms with Crippen LogP contribution in [0.25, 0.3) is 0 Å². The molecule has 2 nitrogen and oxygen atoms in total. The van der Waals surface area contributed by atoms with Crippen molar-refractivity contribution in [3.05, 3.63) is 0 Å². The van der Waals surface area contributed by atoms with Crippen LogP contribution in [0.2, 0.25) is 0 Å². The SMILES string of the molecule is CC(C)C(=N)N1CCCC(C)C1C. The van der Waals surface area contributed by atoms with Crippen molar-refractivity contribution in [1.82, 2.24) is 4.90 Å². The van der Waals surface area contributed by atoms with Crippen LogP contribution in [0.15, 0.2) is 0 Å². The number of likely N-dealkylation sites (tertiary alicyclic amines) is 1. The van der Waals surface area contributed by atoms with Crippen molar-refractivity contribution in [2.24, 2.45) is 11.8 Å². The summed E-state index contributed by atoms with van der Waals surface area (Å²) in [5, 5.41) is 7.98. The summed E-state index contributed by atoms with van der Waals surface area (Å²) in [6, 6.07) is 0.559. The minimum Gasteiger partial charge on any atom is -0.357 e. The molecule has 0 radical (unpaired) electrons. The van der Waals surface area contributed by atoms with Gasteiger partial charge in [-0.15, -0.1) is 0 Å². The molecule has 13 heavy (non-hydrogen) atoms. The van der Waals surface area contributed by atoms with Crippen molar-refractivity contribution in [2.45, 2.75) is 46.6 Å². The minimum absolute atomic E-state index is 0.368. The third kappa shape index (κ3) is 2.23. The summed E-state index contributed by atoms with van der Waals surface area (Å²) in [6.45, 7) is 9.84. The highest BCUT2D eigenvalue weighted by atomic mass is 15.2. The Hall–Kier alpha value is -0.530. The fourth-order valence-electron chi connectivity index (χ4n) is 2.01. The van der Waals surface area contributed by atoms with Gasteiger partial charge in [0.2, 0.25) is 0 Å². The number of rotatable bonds is 1. The molecule has 1 N–H and O–H groups in total. The van der Waals surface area contributed by atoms with Crippen LogP contribution >= 0.6 is 0 Å². The molecule has 0 aliphatic carbocycles. The Kier molecular flexibility index (Phi) is 3.34. The van der Waals surface area contributed by atoms with Gasteiger partial charge in [-0.1, -0.05) is 20.8 Å². The lowest BCUT2D eigenvalue weighted by Crippen LogP contribution is -2.47. The van der Waals surface area contributed by atoms with E-state index >= 15 is 0 Å². The van der Waals surface area contributed by atoms with Crippen LogP contribution in [0.5, 0.6) is 0 Å². The van der Waals surface area contributed by atoms with E-state index in [1.807, 2.05) is 0 Å². The molecule has 1 aliphatic heterocycles. The summed E-state index contributed by atoms with van der Waals surface area (Å²) in [6.07, 6.45) is 2.57. The van der Waals surface area contributed by atoms with Gasteiger partial charge in [-0.05, 0) is 25.7 Å². The van der Waals surface area contributed by atoms with Crippen molar-refractivity contribution in [3.63, 3.8) is 0 Å². The summed E-state index contributed by atoms with van der Waals surface area (Å²) in [5.74, 6) is 1.93. The second kappa shape index (κ2) is 4.12. The third-order valence-electron chi connectivity index (χ3n) is 3.23. The molecule has 2 heteroatoms. The molecule has 1 saturated heterocycles. The summed E-state index contributed by atoms with van der Waals surface area (Å²) in [7, 11) is 0. The van der Waals surface area contributed by atoms with E-state index in [0.717, 1.165) is 18.3 Å². The topological polar surface area (TPSA) is 27.1 Å². The van der Waals surface area contributed by atoms with E-state index < -0.39 is 0 Å². The largest absolute Gasteiger partial charge is 0.357 e. The number of piperidine rings is 1. The van der Waals surface area contributed by atoms with Gasteiger partial charge in [-0.25, -0.2) is 0 Å². The fourth-order valence-corrected chi connectivity index (χ4v) is 2.01. The maximum absolute atomic E-state index is 7.98. The highest BCUT2D eigenvalue weighted by molar-refractivity contribution is 5.81. The molecule has 2 atom stereocenters. The second-order valence-corrected chi connectivity index (χ2v) is 4.59. The summed E-state index contributed by atoms with van der Waals surface area (Å²) < 4.78 is 0. The molecule has 76 valence electrons. The van der Waals surface area contributed by atoms with E-state index in [4.69, 9.17) is 5.41 Å². The highest BCUT2D eigenvalue weighted by Crippen LogP contribution is 2.24. The van der Waals surface area contributed by atoms with Gasteiger partial charge < -0.3 is 4.90 Å². The van der Waals surface area contributed by atoms with Gasteiger partial charge in [-0.2, -0.15) is 0 Å². The van der Waals surface area contributed by atoms with E-state index in [9.17, 15) is 0 Å². The molecular formula is C11H22N2. The maximum Gasteiger partial charge on any atom is 0.0986 e. The van der Waals surface area contributed by atoms with E-state index in [2.05, 4.69) is 32.6 Å². The first-order chi connectivity index (χ1) is 6.04. The quantitative estimate of drug-likeness (QED) is 0.490. The molecule has 0 aromatic carbocycles. The predicted octanol–water partition coefficient (Wildman–Crippen LogP) is 2.74. The molecule has 1 rings (SSSR count). The highest BCUT2D eigenvalue weighted by Gasteiger charge is 2.27. The monoisotopic (exact) mass is 182 g/mol. The van der Waals surface area contributed by atoms with Gasteiger partial charge in [0.25, 0.3) is 0 Å². The molecule has 0 aromatic rings. The molecule has 0 amide bonds. The van der Waals surface area contributed by atoms with E-state index in [1.165, 1.54) is 12.8 Å². The van der Waals surface area contributed by atoms with Gasteiger partial charge in [0.15, 0.2) is 0 Å². The van der Waals surface area contributed by atoms with Crippen LogP contribution in [0.3, 0.4) is 0 Å². The summed E-state index contributed by atoms with van der Waals surface area (Å²) in [4.78, 5) is 2.28. The molecule has 0 spiro atoms. The lowest BCUT2D eigenvalue weighted by molar-refractivity contribution is 0.184. The van der Waals surface area contributed by atoms with Crippen molar-refractivity contribution < 1.29 is 0 Å². The van der Waals surface area contributed by atoms with E-state index in [1.54, 1.807) is 0 Å². The second-order valence-electron chi connectivity index (χ2n) is 4.59. The molecule has 0 saturated carbocycles. The van der Waals surface area contributed by atoms with Gasteiger partial charge in [0, 0.05) is 18.5 Å². The zero-order chi connectivity index (χ0) is 10.0. The standard InChI is InChI=1S/C11H22N2/c1-8(2)11(12)13-7-5-6-9(3)10(13)4/h8-10,12H,5-7H2,1-4H3. The smallest absolute Gasteiger partial charge is 0.0986 e. The zero-order valence-corrected chi connectivity index (χ0v) is 9.30. The van der Waals surface area contributed by atoms with Crippen LogP contribution < -0.4 is 0 Å². The molecule has 1 aliphatic rings. The Morgan fingerprint density at radius 3 is 2.54 bits per heavy atom. The Balaban J connectivity index is 2.62. The van der Waals surface area contributed by atoms with Gasteiger partial charge in [0.05, 0.1) is 5.84 Å². The summed E-state index contributed by atoms with van der Waals surface area (Å²) in [5.41, 5.74) is 0. The molecule has 1 heterocycles.